The topological polar surface area (TPSA) is 109 Å². The standard InChI is InChI=1S/C20H20N4O4/c1-3-27-19(25)15-9-5-7-13(11-15)17-22-23-18(24(17)21)14-8-6-10-16(12-14)20(26)28-4-2/h5-12H,3-4,21H2,1-2H3. The van der Waals surface area contributed by atoms with Gasteiger partial charge in [0.05, 0.1) is 24.3 Å². The van der Waals surface area contributed by atoms with Gasteiger partial charge in [-0.2, -0.15) is 0 Å². The van der Waals surface area contributed by atoms with Gasteiger partial charge in [0.1, 0.15) is 0 Å². The van der Waals surface area contributed by atoms with E-state index >= 15 is 0 Å². The lowest BCUT2D eigenvalue weighted by Crippen LogP contribution is -2.13. The van der Waals surface area contributed by atoms with Crippen molar-refractivity contribution in [3.63, 3.8) is 0 Å². The van der Waals surface area contributed by atoms with Crippen molar-refractivity contribution in [3.8, 4) is 22.8 Å². The lowest BCUT2D eigenvalue weighted by Gasteiger charge is -2.07. The van der Waals surface area contributed by atoms with Gasteiger partial charge in [-0.1, -0.05) is 24.3 Å². The second-order valence-corrected chi connectivity index (χ2v) is 5.82. The Hall–Kier alpha value is -3.68. The molecule has 1 aromatic heterocycles. The molecule has 0 amide bonds. The predicted molar refractivity (Wildman–Crippen MR) is 103 cm³/mol. The number of aromatic nitrogens is 3. The van der Waals surface area contributed by atoms with Gasteiger partial charge in [-0.05, 0) is 38.1 Å². The first-order chi connectivity index (χ1) is 13.5. The molecule has 0 aliphatic carbocycles. The Labute approximate surface area is 161 Å². The maximum absolute atomic E-state index is 12.0. The van der Waals surface area contributed by atoms with Gasteiger partial charge in [0.25, 0.3) is 0 Å². The molecule has 0 radical (unpaired) electrons. The SMILES string of the molecule is CCOC(=O)c1cccc(-c2nnc(-c3cccc(C(=O)OCC)c3)n2N)c1. The van der Waals surface area contributed by atoms with Crippen molar-refractivity contribution < 1.29 is 19.1 Å². The Morgan fingerprint density at radius 1 is 0.857 bits per heavy atom. The van der Waals surface area contributed by atoms with Crippen LogP contribution < -0.4 is 5.84 Å². The second-order valence-electron chi connectivity index (χ2n) is 5.82. The zero-order valence-electron chi connectivity index (χ0n) is 15.6. The molecular formula is C20H20N4O4. The molecule has 0 aliphatic rings. The largest absolute Gasteiger partial charge is 0.462 e. The van der Waals surface area contributed by atoms with Crippen LogP contribution in [0.2, 0.25) is 0 Å². The van der Waals surface area contributed by atoms with Crippen molar-refractivity contribution in [1.29, 1.82) is 0 Å². The van der Waals surface area contributed by atoms with Gasteiger partial charge in [0.2, 0.25) is 0 Å². The number of ether oxygens (including phenoxy) is 2. The van der Waals surface area contributed by atoms with Crippen LogP contribution >= 0.6 is 0 Å². The number of nitrogens with zero attached hydrogens (tertiary/aromatic N) is 3. The molecule has 8 heteroatoms. The van der Waals surface area contributed by atoms with E-state index in [0.717, 1.165) is 0 Å². The summed E-state index contributed by atoms with van der Waals surface area (Å²) >= 11 is 0. The minimum Gasteiger partial charge on any atom is -0.462 e. The molecule has 3 rings (SSSR count). The summed E-state index contributed by atoms with van der Waals surface area (Å²) in [5.74, 6) is 6.11. The Kier molecular flexibility index (Phi) is 5.69. The number of benzene rings is 2. The molecule has 0 unspecified atom stereocenters. The number of carbonyl (C=O) groups is 2. The van der Waals surface area contributed by atoms with Crippen LogP contribution in [0.15, 0.2) is 48.5 Å². The number of hydrogen-bond donors (Lipinski definition) is 1. The smallest absolute Gasteiger partial charge is 0.338 e. The van der Waals surface area contributed by atoms with Gasteiger partial charge in [0, 0.05) is 11.1 Å². The highest BCUT2D eigenvalue weighted by atomic mass is 16.5. The van der Waals surface area contributed by atoms with Crippen molar-refractivity contribution in [2.24, 2.45) is 0 Å². The van der Waals surface area contributed by atoms with Crippen LogP contribution in [0.4, 0.5) is 0 Å². The van der Waals surface area contributed by atoms with Gasteiger partial charge in [-0.3, -0.25) is 0 Å². The highest BCUT2D eigenvalue weighted by molar-refractivity contribution is 5.91. The summed E-state index contributed by atoms with van der Waals surface area (Å²) in [6.07, 6.45) is 0. The van der Waals surface area contributed by atoms with E-state index in [9.17, 15) is 9.59 Å². The zero-order chi connectivity index (χ0) is 20.1. The molecule has 0 spiro atoms. The average Bonchev–Trinajstić information content (AvgIpc) is 3.10. The molecule has 0 saturated heterocycles. The van der Waals surface area contributed by atoms with Crippen molar-refractivity contribution >= 4 is 11.9 Å². The number of hydrogen-bond acceptors (Lipinski definition) is 7. The number of nitrogen functional groups attached to an aromatic ring is 1. The molecule has 1 heterocycles. The minimum atomic E-state index is -0.421. The summed E-state index contributed by atoms with van der Waals surface area (Å²) in [6.45, 7) is 4.07. The molecule has 2 aromatic carbocycles. The Balaban J connectivity index is 1.95. The lowest BCUT2D eigenvalue weighted by atomic mass is 10.1. The maximum atomic E-state index is 12.0. The number of rotatable bonds is 6. The number of esters is 2. The third-order valence-electron chi connectivity index (χ3n) is 3.96. The molecule has 8 nitrogen and oxygen atoms in total. The normalized spacial score (nSPS) is 10.5. The van der Waals surface area contributed by atoms with Crippen LogP contribution in [0.5, 0.6) is 0 Å². The summed E-state index contributed by atoms with van der Waals surface area (Å²) in [6, 6.07) is 13.6. The first-order valence-corrected chi connectivity index (χ1v) is 8.80. The lowest BCUT2D eigenvalue weighted by molar-refractivity contribution is 0.0517. The van der Waals surface area contributed by atoms with E-state index in [1.165, 1.54) is 4.68 Å². The summed E-state index contributed by atoms with van der Waals surface area (Å²) in [7, 11) is 0. The molecule has 0 fully saturated rings. The molecule has 28 heavy (non-hydrogen) atoms. The van der Waals surface area contributed by atoms with Crippen LogP contribution in [-0.4, -0.2) is 40.0 Å². The molecular weight excluding hydrogens is 360 g/mol. The summed E-state index contributed by atoms with van der Waals surface area (Å²) in [5, 5.41) is 8.28. The second kappa shape index (κ2) is 8.34. The Bertz CT molecular complexity index is 934. The van der Waals surface area contributed by atoms with E-state index < -0.39 is 11.9 Å². The molecule has 0 atom stereocenters. The van der Waals surface area contributed by atoms with Gasteiger partial charge < -0.3 is 15.3 Å². The van der Waals surface area contributed by atoms with E-state index in [4.69, 9.17) is 15.3 Å². The zero-order valence-corrected chi connectivity index (χ0v) is 15.6. The summed E-state index contributed by atoms with van der Waals surface area (Å²) in [5.41, 5.74) is 2.03. The van der Waals surface area contributed by atoms with Crippen molar-refractivity contribution in [2.45, 2.75) is 13.8 Å². The fourth-order valence-corrected chi connectivity index (χ4v) is 2.68. The van der Waals surface area contributed by atoms with Gasteiger partial charge in [-0.25, -0.2) is 14.3 Å². The fraction of sp³-hybridized carbons (Fsp3) is 0.200. The molecule has 144 valence electrons. The third-order valence-corrected chi connectivity index (χ3v) is 3.96. The number of carbonyl (C=O) groups excluding carboxylic acids is 2. The predicted octanol–water partition coefficient (Wildman–Crippen LogP) is 2.68. The van der Waals surface area contributed by atoms with Gasteiger partial charge >= 0.3 is 11.9 Å². The fourth-order valence-electron chi connectivity index (χ4n) is 2.68. The molecule has 2 N–H and O–H groups in total. The molecule has 0 aliphatic heterocycles. The van der Waals surface area contributed by atoms with Crippen LogP contribution in [0.3, 0.4) is 0 Å². The van der Waals surface area contributed by atoms with Crippen LogP contribution in [0.1, 0.15) is 34.6 Å². The van der Waals surface area contributed by atoms with Crippen LogP contribution in [0, 0.1) is 0 Å². The summed E-state index contributed by atoms with van der Waals surface area (Å²) < 4.78 is 11.4. The van der Waals surface area contributed by atoms with E-state index in [2.05, 4.69) is 10.2 Å². The van der Waals surface area contributed by atoms with Crippen LogP contribution in [-0.2, 0) is 9.47 Å². The molecule has 3 aromatic rings. The Morgan fingerprint density at radius 2 is 1.29 bits per heavy atom. The molecule has 0 bridgehead atoms. The van der Waals surface area contributed by atoms with E-state index in [-0.39, 0.29) is 13.2 Å². The van der Waals surface area contributed by atoms with E-state index in [1.807, 2.05) is 0 Å². The third kappa shape index (κ3) is 3.85. The quantitative estimate of drug-likeness (QED) is 0.517. The highest BCUT2D eigenvalue weighted by Gasteiger charge is 2.17. The van der Waals surface area contributed by atoms with Gasteiger partial charge in [-0.15, -0.1) is 10.2 Å². The average molecular weight is 380 g/mol. The number of nitrogens with two attached hydrogens (primary N) is 1. The monoisotopic (exact) mass is 380 g/mol. The highest BCUT2D eigenvalue weighted by Crippen LogP contribution is 2.24. The van der Waals surface area contributed by atoms with Crippen molar-refractivity contribution in [3.05, 3.63) is 59.7 Å². The first-order valence-electron chi connectivity index (χ1n) is 8.80. The summed E-state index contributed by atoms with van der Waals surface area (Å²) in [4.78, 5) is 23.9. The minimum absolute atomic E-state index is 0.289. The Morgan fingerprint density at radius 3 is 1.68 bits per heavy atom. The first kappa shape index (κ1) is 19.1. The van der Waals surface area contributed by atoms with Crippen molar-refractivity contribution in [2.75, 3.05) is 19.1 Å². The van der Waals surface area contributed by atoms with Gasteiger partial charge in [0.15, 0.2) is 11.6 Å². The van der Waals surface area contributed by atoms with E-state index in [0.29, 0.717) is 33.9 Å². The van der Waals surface area contributed by atoms with Crippen molar-refractivity contribution in [1.82, 2.24) is 14.9 Å². The van der Waals surface area contributed by atoms with E-state index in [1.54, 1.807) is 62.4 Å². The van der Waals surface area contributed by atoms with Crippen LogP contribution in [0.25, 0.3) is 22.8 Å². The molecule has 0 saturated carbocycles. The maximum Gasteiger partial charge on any atom is 0.338 e.